The summed E-state index contributed by atoms with van der Waals surface area (Å²) in [5.74, 6) is 0.450. The first-order valence-corrected chi connectivity index (χ1v) is 9.73. The van der Waals surface area contributed by atoms with Gasteiger partial charge in [-0.25, -0.2) is 13.4 Å². The topological polar surface area (TPSA) is 130 Å². The molecule has 0 aliphatic heterocycles. The fraction of sp³-hybridized carbons (Fsp3) is 0.312. The number of anilines is 2. The molecule has 1 heterocycles. The summed E-state index contributed by atoms with van der Waals surface area (Å²) >= 11 is 0. The van der Waals surface area contributed by atoms with Crippen molar-refractivity contribution < 1.29 is 17.9 Å². The van der Waals surface area contributed by atoms with E-state index in [0.717, 1.165) is 25.2 Å². The molecule has 9 nitrogen and oxygen atoms in total. The van der Waals surface area contributed by atoms with Crippen LogP contribution < -0.4 is 20.3 Å². The number of benzene rings is 1. The third kappa shape index (κ3) is 4.39. The maximum atomic E-state index is 12.4. The number of H-pyrrole nitrogens is 1. The van der Waals surface area contributed by atoms with E-state index in [0.29, 0.717) is 17.3 Å². The van der Waals surface area contributed by atoms with E-state index < -0.39 is 15.9 Å². The minimum atomic E-state index is -3.52. The van der Waals surface area contributed by atoms with Crippen LogP contribution in [-0.4, -0.2) is 37.7 Å². The van der Waals surface area contributed by atoms with Crippen molar-refractivity contribution in [2.45, 2.75) is 18.8 Å². The summed E-state index contributed by atoms with van der Waals surface area (Å²) < 4.78 is 30.4. The van der Waals surface area contributed by atoms with Gasteiger partial charge in [-0.05, 0) is 31.0 Å². The molecule has 0 spiro atoms. The smallest absolute Gasteiger partial charge is 0.274 e. The first-order valence-electron chi connectivity index (χ1n) is 7.83. The van der Waals surface area contributed by atoms with Crippen molar-refractivity contribution in [2.24, 2.45) is 0 Å². The number of ether oxygens (including phenoxy) is 1. The lowest BCUT2D eigenvalue weighted by Crippen LogP contribution is -2.20. The standard InChI is InChI=1S/C16H18N4O5S/c1-25-13-6-5-10(7-11(13)20-26(2,23)24)17-16(22)12-8-14(21)19-15(18-12)9-3-4-9/h5-9,20H,3-4H2,1-2H3,(H,17,22)(H,18,19,21). The monoisotopic (exact) mass is 378 g/mol. The minimum Gasteiger partial charge on any atom is -0.495 e. The summed E-state index contributed by atoms with van der Waals surface area (Å²) in [7, 11) is -2.12. The largest absolute Gasteiger partial charge is 0.495 e. The van der Waals surface area contributed by atoms with Crippen molar-refractivity contribution >= 4 is 27.3 Å². The second-order valence-corrected chi connectivity index (χ2v) is 7.78. The van der Waals surface area contributed by atoms with E-state index in [9.17, 15) is 18.0 Å². The van der Waals surface area contributed by atoms with E-state index in [-0.39, 0.29) is 22.9 Å². The van der Waals surface area contributed by atoms with Crippen molar-refractivity contribution in [1.29, 1.82) is 0 Å². The van der Waals surface area contributed by atoms with Gasteiger partial charge in [-0.15, -0.1) is 0 Å². The number of nitrogens with one attached hydrogen (secondary N) is 3. The van der Waals surface area contributed by atoms with Crippen LogP contribution in [0.4, 0.5) is 11.4 Å². The number of sulfonamides is 1. The Labute approximate surface area is 149 Å². The van der Waals surface area contributed by atoms with Gasteiger partial charge >= 0.3 is 0 Å². The van der Waals surface area contributed by atoms with Gasteiger partial charge in [-0.2, -0.15) is 0 Å². The molecule has 1 fully saturated rings. The molecule has 1 aliphatic carbocycles. The summed E-state index contributed by atoms with van der Waals surface area (Å²) in [6.45, 7) is 0. The average molecular weight is 378 g/mol. The van der Waals surface area contributed by atoms with Gasteiger partial charge in [0.2, 0.25) is 10.0 Å². The minimum absolute atomic E-state index is 0.00379. The van der Waals surface area contributed by atoms with E-state index in [2.05, 4.69) is 20.0 Å². The second kappa shape index (κ2) is 6.79. The van der Waals surface area contributed by atoms with Crippen LogP contribution >= 0.6 is 0 Å². The van der Waals surface area contributed by atoms with Crippen LogP contribution in [0.2, 0.25) is 0 Å². The summed E-state index contributed by atoms with van der Waals surface area (Å²) in [6.07, 6.45) is 2.89. The van der Waals surface area contributed by atoms with Gasteiger partial charge in [0, 0.05) is 17.7 Å². The molecule has 26 heavy (non-hydrogen) atoms. The van der Waals surface area contributed by atoms with Crippen molar-refractivity contribution in [3.8, 4) is 5.75 Å². The maximum absolute atomic E-state index is 12.4. The number of carbonyl (C=O) groups is 1. The Bertz CT molecular complexity index is 1010. The van der Waals surface area contributed by atoms with Gasteiger partial charge < -0.3 is 15.0 Å². The number of hydrogen-bond acceptors (Lipinski definition) is 6. The van der Waals surface area contributed by atoms with Crippen molar-refractivity contribution in [2.75, 3.05) is 23.4 Å². The molecule has 1 amide bonds. The van der Waals surface area contributed by atoms with Crippen molar-refractivity contribution in [1.82, 2.24) is 9.97 Å². The third-order valence-electron chi connectivity index (χ3n) is 3.71. The zero-order valence-electron chi connectivity index (χ0n) is 14.2. The molecule has 0 bridgehead atoms. The van der Waals surface area contributed by atoms with E-state index in [4.69, 9.17) is 4.74 Å². The molecule has 138 valence electrons. The highest BCUT2D eigenvalue weighted by Gasteiger charge is 2.27. The SMILES string of the molecule is COc1ccc(NC(=O)c2cc(=O)[nH]c(C3CC3)n2)cc1NS(C)(=O)=O. The van der Waals surface area contributed by atoms with Crippen molar-refractivity contribution in [3.63, 3.8) is 0 Å². The van der Waals surface area contributed by atoms with E-state index in [1.807, 2.05) is 0 Å². The summed E-state index contributed by atoms with van der Waals surface area (Å²) in [6, 6.07) is 5.62. The van der Waals surface area contributed by atoms with Crippen LogP contribution in [0.3, 0.4) is 0 Å². The number of rotatable bonds is 6. The summed E-state index contributed by atoms with van der Waals surface area (Å²) in [5, 5.41) is 2.60. The molecule has 3 N–H and O–H groups in total. The maximum Gasteiger partial charge on any atom is 0.274 e. The van der Waals surface area contributed by atoms with Crippen molar-refractivity contribution in [3.05, 3.63) is 46.1 Å². The fourth-order valence-electron chi connectivity index (χ4n) is 2.40. The quantitative estimate of drug-likeness (QED) is 0.694. The van der Waals surface area contributed by atoms with Crippen LogP contribution in [0.25, 0.3) is 0 Å². The molecule has 1 aliphatic rings. The lowest BCUT2D eigenvalue weighted by Gasteiger charge is -2.12. The van der Waals surface area contributed by atoms with E-state index in [1.54, 1.807) is 6.07 Å². The molecular formula is C16H18N4O5S. The predicted molar refractivity (Wildman–Crippen MR) is 96.2 cm³/mol. The first kappa shape index (κ1) is 17.9. The highest BCUT2D eigenvalue weighted by atomic mass is 32.2. The molecule has 10 heteroatoms. The number of carbonyl (C=O) groups excluding carboxylic acids is 1. The fourth-order valence-corrected chi connectivity index (χ4v) is 2.96. The molecule has 3 rings (SSSR count). The van der Waals surface area contributed by atoms with E-state index >= 15 is 0 Å². The van der Waals surface area contributed by atoms with E-state index in [1.165, 1.54) is 19.2 Å². The van der Waals surface area contributed by atoms with Gasteiger partial charge in [-0.3, -0.25) is 14.3 Å². The van der Waals surface area contributed by atoms with Gasteiger partial charge in [0.15, 0.2) is 0 Å². The van der Waals surface area contributed by atoms with Gasteiger partial charge in [0.1, 0.15) is 17.3 Å². The first-order chi connectivity index (χ1) is 12.2. The number of amides is 1. The third-order valence-corrected chi connectivity index (χ3v) is 4.30. The Kier molecular flexibility index (Phi) is 4.68. The van der Waals surface area contributed by atoms with Gasteiger partial charge in [0.25, 0.3) is 11.5 Å². The average Bonchev–Trinajstić information content (AvgIpc) is 3.38. The molecule has 1 saturated carbocycles. The second-order valence-electron chi connectivity index (χ2n) is 6.03. The van der Waals surface area contributed by atoms with Crippen LogP contribution in [0.5, 0.6) is 5.75 Å². The molecule has 0 atom stereocenters. The van der Waals surface area contributed by atoms with Gasteiger partial charge in [-0.1, -0.05) is 0 Å². The molecule has 2 aromatic rings. The number of methoxy groups -OCH3 is 1. The molecule has 0 unspecified atom stereocenters. The number of hydrogen-bond donors (Lipinski definition) is 3. The summed E-state index contributed by atoms with van der Waals surface area (Å²) in [4.78, 5) is 31.0. The number of aromatic nitrogens is 2. The Hall–Kier alpha value is -2.88. The van der Waals surface area contributed by atoms with Crippen LogP contribution in [0.15, 0.2) is 29.1 Å². The molecule has 0 saturated heterocycles. The highest BCUT2D eigenvalue weighted by Crippen LogP contribution is 2.37. The Morgan fingerprint density at radius 3 is 2.65 bits per heavy atom. The summed E-state index contributed by atoms with van der Waals surface area (Å²) in [5.41, 5.74) is 0.132. The van der Waals surface area contributed by atoms with Crippen LogP contribution in [0, 0.1) is 0 Å². The number of nitrogens with zero attached hydrogens (tertiary/aromatic N) is 1. The molecular weight excluding hydrogens is 360 g/mol. The Morgan fingerprint density at radius 1 is 1.31 bits per heavy atom. The molecule has 0 radical (unpaired) electrons. The zero-order chi connectivity index (χ0) is 18.9. The zero-order valence-corrected chi connectivity index (χ0v) is 15.0. The van der Waals surface area contributed by atoms with Gasteiger partial charge in [0.05, 0.1) is 19.1 Å². The normalized spacial score (nSPS) is 13.9. The lowest BCUT2D eigenvalue weighted by atomic mass is 10.2. The molecule has 1 aromatic heterocycles. The predicted octanol–water partition coefficient (Wildman–Crippen LogP) is 1.28. The van der Waals surface area contributed by atoms with Crippen LogP contribution in [0.1, 0.15) is 35.1 Å². The Balaban J connectivity index is 1.85. The highest BCUT2D eigenvalue weighted by molar-refractivity contribution is 7.92. The lowest BCUT2D eigenvalue weighted by molar-refractivity contribution is 0.102. The molecule has 1 aromatic carbocycles. The van der Waals surface area contributed by atoms with Crippen LogP contribution in [-0.2, 0) is 10.0 Å². The Morgan fingerprint density at radius 2 is 2.04 bits per heavy atom. The number of aromatic amines is 1.